The van der Waals surface area contributed by atoms with E-state index in [1.54, 1.807) is 26.0 Å². The minimum absolute atomic E-state index is 0.0169. The lowest BCUT2D eigenvalue weighted by Crippen LogP contribution is -2.44. The van der Waals surface area contributed by atoms with Crippen LogP contribution in [-0.2, 0) is 13.2 Å². The van der Waals surface area contributed by atoms with Crippen molar-refractivity contribution in [1.82, 2.24) is 24.7 Å². The van der Waals surface area contributed by atoms with Gasteiger partial charge < -0.3 is 15.3 Å². The fourth-order valence-electron chi connectivity index (χ4n) is 3.68. The molecule has 0 spiro atoms. The van der Waals surface area contributed by atoms with E-state index in [-0.39, 0.29) is 41.6 Å². The minimum atomic E-state index is -0.575. The number of nitrogens with two attached hydrogens (primary N) is 1. The molecule has 0 atom stereocenters. The maximum Gasteiger partial charge on any atom is 0.428 e. The molecular weight excluding hydrogens is 422 g/mol. The summed E-state index contributed by atoms with van der Waals surface area (Å²) in [4.78, 5) is 26.2. The molecule has 0 fully saturated rings. The molecule has 33 heavy (non-hydrogen) atoms. The molecule has 4 heterocycles. The smallest absolute Gasteiger partial charge is 0.428 e. The number of fused-ring (bicyclic) bond motifs is 1. The number of aliphatic hydroxyl groups is 1. The van der Waals surface area contributed by atoms with E-state index < -0.39 is 35.9 Å². The summed E-state index contributed by atoms with van der Waals surface area (Å²) in [6, 6.07) is 0.616. The topological polar surface area (TPSA) is 140 Å². The van der Waals surface area contributed by atoms with Crippen LogP contribution in [0.25, 0.3) is 28.0 Å². The Morgan fingerprint density at radius 1 is 1.21 bits per heavy atom. The van der Waals surface area contributed by atoms with Gasteiger partial charge in [-0.3, -0.25) is 4.98 Å². The first-order valence-corrected chi connectivity index (χ1v) is 9.92. The van der Waals surface area contributed by atoms with Crippen molar-refractivity contribution in [3.8, 4) is 22.4 Å². The molecule has 0 saturated carbocycles. The third-order valence-electron chi connectivity index (χ3n) is 5.16. The van der Waals surface area contributed by atoms with Crippen LogP contribution in [0.4, 0.5) is 5.95 Å². The van der Waals surface area contributed by atoms with Gasteiger partial charge in [-0.1, -0.05) is 30.2 Å². The van der Waals surface area contributed by atoms with E-state index >= 15 is 0 Å². The van der Waals surface area contributed by atoms with Crippen LogP contribution in [-0.4, -0.2) is 29.8 Å². The van der Waals surface area contributed by atoms with Crippen LogP contribution in [0.2, 0.25) is 0 Å². The zero-order valence-corrected chi connectivity index (χ0v) is 17.7. The number of oxazole rings is 1. The first kappa shape index (κ1) is 15.5. The molecule has 1 aromatic carbocycles. The van der Waals surface area contributed by atoms with Gasteiger partial charge in [0, 0.05) is 11.3 Å². The lowest BCUT2D eigenvalue weighted by molar-refractivity contribution is -0.516. The molecule has 0 aliphatic heterocycles. The average molecular weight is 450 g/mol. The number of aryl methyl sites for hydroxylation is 2. The highest BCUT2D eigenvalue weighted by atomic mass is 16.3. The second-order valence-corrected chi connectivity index (χ2v) is 7.36. The minimum Gasteiger partial charge on any atom is -0.448 e. The van der Waals surface area contributed by atoms with Gasteiger partial charge in [0.25, 0.3) is 0 Å². The summed E-state index contributed by atoms with van der Waals surface area (Å²) in [6.45, 7) is 3.06. The fourth-order valence-corrected chi connectivity index (χ4v) is 3.68. The van der Waals surface area contributed by atoms with Crippen LogP contribution in [0, 0.1) is 13.8 Å². The third-order valence-corrected chi connectivity index (χ3v) is 5.16. The third kappa shape index (κ3) is 3.56. The molecule has 4 N–H and O–H groups in total. The molecule has 0 radical (unpaired) electrons. The number of aromatic nitrogens is 6. The van der Waals surface area contributed by atoms with Crippen molar-refractivity contribution < 1.29 is 20.8 Å². The molecule has 0 saturated heterocycles. The van der Waals surface area contributed by atoms with E-state index in [1.807, 2.05) is 0 Å². The summed E-state index contributed by atoms with van der Waals surface area (Å²) in [5, 5.41) is 12.8. The number of aliphatic hydroxyl groups excluding tert-OH is 1. The normalized spacial score (nSPS) is 13.5. The predicted molar refractivity (Wildman–Crippen MR) is 120 cm³/mol. The maximum atomic E-state index is 13.4. The summed E-state index contributed by atoms with van der Waals surface area (Å²) in [6.07, 6.45) is 1.26. The number of nitrogen functional groups attached to an aromatic ring is 1. The summed E-state index contributed by atoms with van der Waals surface area (Å²) in [7, 11) is 0. The van der Waals surface area contributed by atoms with Gasteiger partial charge in [0.05, 0.1) is 24.7 Å². The van der Waals surface area contributed by atoms with E-state index in [9.17, 15) is 9.90 Å². The van der Waals surface area contributed by atoms with Gasteiger partial charge in [0.15, 0.2) is 6.39 Å². The van der Waals surface area contributed by atoms with Gasteiger partial charge in [-0.2, -0.15) is 4.68 Å². The Kier molecular flexibility index (Phi) is 3.75. The quantitative estimate of drug-likeness (QED) is 0.347. The number of H-pyrrole nitrogens is 1. The Balaban J connectivity index is 1.93. The van der Waals surface area contributed by atoms with Crippen molar-refractivity contribution >= 4 is 11.6 Å². The predicted octanol–water partition coefficient (Wildman–Crippen LogP) is 1.77. The van der Waals surface area contributed by atoms with E-state index in [4.69, 9.17) is 17.0 Å². The number of benzene rings is 1. The van der Waals surface area contributed by atoms with Crippen LogP contribution < -0.4 is 15.8 Å². The first-order valence-electron chi connectivity index (χ1n) is 12.4. The van der Waals surface area contributed by atoms with Crippen molar-refractivity contribution in [3.63, 3.8) is 0 Å². The van der Waals surface area contributed by atoms with Crippen molar-refractivity contribution in [1.29, 1.82) is 0 Å². The van der Waals surface area contributed by atoms with Gasteiger partial charge in [0.2, 0.25) is 5.65 Å². The lowest BCUT2D eigenvalue weighted by atomic mass is 9.99. The number of aromatic amines is 1. The van der Waals surface area contributed by atoms with Crippen LogP contribution in [0.15, 0.2) is 58.0 Å². The number of nitrogens with zero attached hydrogens (tertiary/aromatic N) is 5. The molecule has 0 aliphatic rings. The molecule has 4 aromatic heterocycles. The lowest BCUT2D eigenvalue weighted by Gasteiger charge is -2.10. The molecule has 0 amide bonds. The van der Waals surface area contributed by atoms with Gasteiger partial charge in [-0.05, 0) is 31.5 Å². The highest BCUT2D eigenvalue weighted by Gasteiger charge is 2.26. The zero-order chi connectivity index (χ0) is 27.5. The fraction of sp³-hybridized carbons (Fsp3) is 0.174. The van der Waals surface area contributed by atoms with Crippen molar-refractivity contribution in [2.45, 2.75) is 27.0 Å². The molecular formula is C23H22N7O3+. The number of pyridine rings is 1. The number of nitrogens with one attached hydrogen (secondary N) is 1. The highest BCUT2D eigenvalue weighted by Crippen LogP contribution is 2.33. The van der Waals surface area contributed by atoms with E-state index in [1.165, 1.54) is 11.1 Å². The van der Waals surface area contributed by atoms with E-state index in [0.29, 0.717) is 28.4 Å². The van der Waals surface area contributed by atoms with Crippen molar-refractivity contribution in [2.75, 3.05) is 5.73 Å². The molecule has 166 valence electrons. The Bertz CT molecular complexity index is 1780. The van der Waals surface area contributed by atoms with Gasteiger partial charge in [-0.15, -0.1) is 9.38 Å². The summed E-state index contributed by atoms with van der Waals surface area (Å²) in [5.74, 6) is 0.250. The number of rotatable bonds is 5. The Hall–Kier alpha value is -4.31. The Morgan fingerprint density at radius 3 is 2.70 bits per heavy atom. The van der Waals surface area contributed by atoms with Crippen molar-refractivity contribution in [2.24, 2.45) is 0 Å². The largest absolute Gasteiger partial charge is 0.448 e. The second-order valence-electron chi connectivity index (χ2n) is 7.36. The monoisotopic (exact) mass is 449 g/mol. The summed E-state index contributed by atoms with van der Waals surface area (Å²) < 4.78 is 48.9. The number of anilines is 1. The Morgan fingerprint density at radius 2 is 2.00 bits per heavy atom. The average Bonchev–Trinajstić information content (AvgIpc) is 3.44. The Labute approximate surface area is 195 Å². The molecule has 0 unspecified atom stereocenters. The summed E-state index contributed by atoms with van der Waals surface area (Å²) in [5.41, 5.74) is 7.59. The summed E-state index contributed by atoms with van der Waals surface area (Å²) >= 11 is 0. The standard InChI is InChI=1S/C23H21N7O3/c1-13-8-16(9-17(11-31)26-13)19-20(15-6-4-3-5-7-15)27-22(24)30-21(19)28-29(23(30)32)10-18-14(2)33-12-25-18/h3-9,12,31H,10-11H2,1-2H3,(H2,24,26,27,28)/p+1/i3D,4D,5D,6D,7D. The maximum absolute atomic E-state index is 13.4. The zero-order valence-electron chi connectivity index (χ0n) is 22.7. The van der Waals surface area contributed by atoms with Crippen LogP contribution in [0.3, 0.4) is 0 Å². The van der Waals surface area contributed by atoms with Gasteiger partial charge >= 0.3 is 11.6 Å². The number of hydrogen-bond acceptors (Lipinski definition) is 7. The molecule has 0 bridgehead atoms. The first-order chi connectivity index (χ1) is 18.0. The van der Waals surface area contributed by atoms with Crippen LogP contribution >= 0.6 is 0 Å². The molecule has 10 nitrogen and oxygen atoms in total. The molecule has 10 heteroatoms. The van der Waals surface area contributed by atoms with Crippen LogP contribution in [0.5, 0.6) is 0 Å². The highest BCUT2D eigenvalue weighted by molar-refractivity contribution is 5.88. The second kappa shape index (κ2) is 7.99. The van der Waals surface area contributed by atoms with Crippen molar-refractivity contribution in [3.05, 3.63) is 82.1 Å². The molecule has 5 rings (SSSR count). The SMILES string of the molecule is [2H]c1c([2H])c([2H])c(-c2nc(N)[n+]3c(=O)n(Cc4ncoc4C)[nH]c3c2-c2cc(C)nc(CO)c2)c([2H])c1[2H]. The number of hydrogen-bond donors (Lipinski definition) is 3. The van der Waals surface area contributed by atoms with Gasteiger partial charge in [0.1, 0.15) is 23.7 Å². The molecule has 0 aliphatic carbocycles. The van der Waals surface area contributed by atoms with Gasteiger partial charge in [-0.25, -0.2) is 14.9 Å². The molecule has 5 aromatic rings. The van der Waals surface area contributed by atoms with Crippen LogP contribution in [0.1, 0.15) is 29.7 Å². The van der Waals surface area contributed by atoms with E-state index in [0.717, 1.165) is 4.40 Å². The van der Waals surface area contributed by atoms with E-state index in [2.05, 4.69) is 20.1 Å².